The van der Waals surface area contributed by atoms with Crippen LogP contribution in [0.15, 0.2) is 48.5 Å². The van der Waals surface area contributed by atoms with Gasteiger partial charge in [-0.25, -0.2) is 0 Å². The number of hydrogen-bond donors (Lipinski definition) is 3. The Morgan fingerprint density at radius 1 is 0.853 bits per heavy atom. The van der Waals surface area contributed by atoms with Crippen LogP contribution in [0, 0.1) is 0 Å². The minimum absolute atomic E-state index is 0. The highest BCUT2D eigenvalue weighted by Gasteiger charge is 2.15. The molecule has 0 aliphatic carbocycles. The monoisotopic (exact) mass is 504 g/mol. The minimum Gasteiger partial charge on any atom is -0.332 e. The maximum absolute atomic E-state index is 12.5. The van der Waals surface area contributed by atoms with Crippen molar-refractivity contribution < 1.29 is 9.59 Å². The van der Waals surface area contributed by atoms with Crippen LogP contribution in [0.4, 0.5) is 11.4 Å². The first-order valence-electron chi connectivity index (χ1n) is 11.3. The number of rotatable bonds is 9. The van der Waals surface area contributed by atoms with E-state index in [1.807, 2.05) is 36.4 Å². The molecule has 2 amide bonds. The van der Waals surface area contributed by atoms with Gasteiger partial charge in [0.1, 0.15) is 0 Å². The number of nitrogens with one attached hydrogen (secondary N) is 3. The third kappa shape index (κ3) is 10.6. The van der Waals surface area contributed by atoms with Gasteiger partial charge in [0, 0.05) is 23.4 Å². The zero-order valence-electron chi connectivity index (χ0n) is 20.7. The Hall–Kier alpha value is -2.48. The van der Waals surface area contributed by atoms with Crippen molar-refractivity contribution in [1.29, 1.82) is 0 Å². The predicted octanol–water partition coefficient (Wildman–Crippen LogP) is 5.59. The predicted molar refractivity (Wildman–Crippen MR) is 148 cm³/mol. The van der Waals surface area contributed by atoms with Crippen molar-refractivity contribution in [2.45, 2.75) is 51.9 Å². The van der Waals surface area contributed by atoms with Gasteiger partial charge in [0.25, 0.3) is 5.91 Å². The van der Waals surface area contributed by atoms with Gasteiger partial charge in [-0.15, -0.1) is 12.4 Å². The molecular formula is C26H37ClN4O2S. The molecule has 2 rings (SSSR count). The van der Waals surface area contributed by atoms with E-state index in [0.717, 1.165) is 42.7 Å². The standard InChI is InChI=1S/C26H36N4O2S.ClH/c1-26(2,3)20-12-10-19(11-13-20)24(32)29-25(33)28-22-16-14-21(15-17-22)27-23(31)9-7-6-8-18-30(4)5;/h10-17H,6-9,18H2,1-5H3,(H,27,31)(H2,28,29,32,33);1H. The van der Waals surface area contributed by atoms with Crippen molar-refractivity contribution in [1.82, 2.24) is 10.2 Å². The van der Waals surface area contributed by atoms with Crippen LogP contribution in [0.5, 0.6) is 0 Å². The first-order chi connectivity index (χ1) is 15.5. The topological polar surface area (TPSA) is 73.5 Å². The number of carbonyl (C=O) groups is 2. The number of thiocarbonyl (C=S) groups is 1. The quantitative estimate of drug-likeness (QED) is 0.306. The molecule has 0 atom stereocenters. The fourth-order valence-corrected chi connectivity index (χ4v) is 3.42. The number of nitrogens with zero attached hydrogens (tertiary/aromatic N) is 1. The molecule has 0 saturated heterocycles. The van der Waals surface area contributed by atoms with Crippen molar-refractivity contribution in [2.24, 2.45) is 0 Å². The van der Waals surface area contributed by atoms with E-state index >= 15 is 0 Å². The summed E-state index contributed by atoms with van der Waals surface area (Å²) in [6.45, 7) is 7.43. The second kappa shape index (κ2) is 14.0. The summed E-state index contributed by atoms with van der Waals surface area (Å²) in [5.41, 5.74) is 3.20. The average Bonchev–Trinajstić information content (AvgIpc) is 2.74. The van der Waals surface area contributed by atoms with E-state index in [1.54, 1.807) is 12.1 Å². The number of amides is 2. The molecule has 0 radical (unpaired) electrons. The molecule has 6 nitrogen and oxygen atoms in total. The molecule has 2 aromatic rings. The third-order valence-corrected chi connectivity index (χ3v) is 5.38. The van der Waals surface area contributed by atoms with Gasteiger partial charge in [-0.05, 0) is 93.1 Å². The number of carbonyl (C=O) groups excluding carboxylic acids is 2. The van der Waals surface area contributed by atoms with Gasteiger partial charge in [0.15, 0.2) is 5.11 Å². The SMILES string of the molecule is CN(C)CCCCCC(=O)Nc1ccc(NC(=S)NC(=O)c2ccc(C(C)(C)C)cc2)cc1.Cl. The maximum Gasteiger partial charge on any atom is 0.257 e. The lowest BCUT2D eigenvalue weighted by Crippen LogP contribution is -2.34. The smallest absolute Gasteiger partial charge is 0.257 e. The highest BCUT2D eigenvalue weighted by molar-refractivity contribution is 7.80. The molecule has 2 aromatic carbocycles. The van der Waals surface area contributed by atoms with Crippen molar-refractivity contribution in [3.63, 3.8) is 0 Å². The highest BCUT2D eigenvalue weighted by Crippen LogP contribution is 2.22. The molecular weight excluding hydrogens is 468 g/mol. The van der Waals surface area contributed by atoms with Crippen molar-refractivity contribution in [2.75, 3.05) is 31.3 Å². The molecule has 0 spiro atoms. The Kier molecular flexibility index (Phi) is 12.2. The third-order valence-electron chi connectivity index (χ3n) is 5.18. The summed E-state index contributed by atoms with van der Waals surface area (Å²) in [7, 11) is 4.11. The lowest BCUT2D eigenvalue weighted by molar-refractivity contribution is -0.116. The molecule has 0 aliphatic heterocycles. The summed E-state index contributed by atoms with van der Waals surface area (Å²) in [5, 5.41) is 8.83. The summed E-state index contributed by atoms with van der Waals surface area (Å²) in [4.78, 5) is 26.7. The van der Waals surface area contributed by atoms with Crippen molar-refractivity contribution >= 4 is 52.9 Å². The second-order valence-electron chi connectivity index (χ2n) is 9.48. The van der Waals surface area contributed by atoms with Crippen molar-refractivity contribution in [3.8, 4) is 0 Å². The number of benzene rings is 2. The summed E-state index contributed by atoms with van der Waals surface area (Å²) in [6.07, 6.45) is 3.53. The van der Waals surface area contributed by atoms with Gasteiger partial charge < -0.3 is 15.5 Å². The minimum atomic E-state index is -0.262. The zero-order chi connectivity index (χ0) is 24.4. The van der Waals surface area contributed by atoms with Gasteiger partial charge >= 0.3 is 0 Å². The van der Waals surface area contributed by atoms with E-state index in [1.165, 1.54) is 0 Å². The van der Waals surface area contributed by atoms with E-state index in [2.05, 4.69) is 55.7 Å². The van der Waals surface area contributed by atoms with Crippen LogP contribution in [0.25, 0.3) is 0 Å². The fourth-order valence-electron chi connectivity index (χ4n) is 3.21. The van der Waals surface area contributed by atoms with Gasteiger partial charge in [-0.2, -0.15) is 0 Å². The van der Waals surface area contributed by atoms with Gasteiger partial charge in [0.2, 0.25) is 5.91 Å². The Labute approximate surface area is 215 Å². The molecule has 0 saturated carbocycles. The molecule has 186 valence electrons. The first-order valence-corrected chi connectivity index (χ1v) is 11.7. The largest absolute Gasteiger partial charge is 0.332 e. The first kappa shape index (κ1) is 29.6. The van der Waals surface area contributed by atoms with Gasteiger partial charge in [-0.3, -0.25) is 14.9 Å². The summed E-state index contributed by atoms with van der Waals surface area (Å²) in [5.74, 6) is -0.247. The number of unbranched alkanes of at least 4 members (excludes halogenated alkanes) is 2. The van der Waals surface area contributed by atoms with Crippen LogP contribution in [0.2, 0.25) is 0 Å². The van der Waals surface area contributed by atoms with Gasteiger partial charge in [-0.1, -0.05) is 39.3 Å². The lowest BCUT2D eigenvalue weighted by Gasteiger charge is -2.19. The van der Waals surface area contributed by atoms with Crippen LogP contribution in [0.1, 0.15) is 62.4 Å². The molecule has 0 heterocycles. The molecule has 0 bridgehead atoms. The maximum atomic E-state index is 12.5. The molecule has 0 aromatic heterocycles. The summed E-state index contributed by atoms with van der Waals surface area (Å²) in [6, 6.07) is 14.8. The fraction of sp³-hybridized carbons (Fsp3) is 0.423. The van der Waals surface area contributed by atoms with E-state index in [-0.39, 0.29) is 34.7 Å². The molecule has 0 unspecified atom stereocenters. The number of hydrogen-bond acceptors (Lipinski definition) is 4. The van der Waals surface area contributed by atoms with Crippen LogP contribution < -0.4 is 16.0 Å². The Bertz CT molecular complexity index is 939. The normalized spacial score (nSPS) is 10.9. The van der Waals surface area contributed by atoms with Gasteiger partial charge in [0.05, 0.1) is 0 Å². The summed E-state index contributed by atoms with van der Waals surface area (Å²) >= 11 is 5.27. The lowest BCUT2D eigenvalue weighted by atomic mass is 9.87. The molecule has 0 fully saturated rings. The number of halogens is 1. The highest BCUT2D eigenvalue weighted by atomic mass is 35.5. The second-order valence-corrected chi connectivity index (χ2v) is 9.88. The average molecular weight is 505 g/mol. The Morgan fingerprint density at radius 2 is 1.41 bits per heavy atom. The Morgan fingerprint density at radius 3 is 1.94 bits per heavy atom. The number of anilines is 2. The van der Waals surface area contributed by atoms with E-state index in [4.69, 9.17) is 12.2 Å². The molecule has 0 aliphatic rings. The van der Waals surface area contributed by atoms with E-state index in [0.29, 0.717) is 12.0 Å². The van der Waals surface area contributed by atoms with Crippen LogP contribution in [-0.4, -0.2) is 42.5 Å². The van der Waals surface area contributed by atoms with Crippen LogP contribution in [0.3, 0.4) is 0 Å². The summed E-state index contributed by atoms with van der Waals surface area (Å²) < 4.78 is 0. The van der Waals surface area contributed by atoms with Crippen LogP contribution >= 0.6 is 24.6 Å². The van der Waals surface area contributed by atoms with Crippen molar-refractivity contribution in [3.05, 3.63) is 59.7 Å². The molecule has 34 heavy (non-hydrogen) atoms. The zero-order valence-corrected chi connectivity index (χ0v) is 22.4. The Balaban J connectivity index is 0.00000578. The molecule has 3 N–H and O–H groups in total. The van der Waals surface area contributed by atoms with Crippen LogP contribution in [-0.2, 0) is 10.2 Å². The van der Waals surface area contributed by atoms with E-state index in [9.17, 15) is 9.59 Å². The molecule has 8 heteroatoms. The van der Waals surface area contributed by atoms with E-state index < -0.39 is 0 Å².